The number of halogens is 1. The van der Waals surface area contributed by atoms with Gasteiger partial charge < -0.3 is 14.4 Å². The van der Waals surface area contributed by atoms with E-state index in [0.29, 0.717) is 33.9 Å². The molecule has 2 atom stereocenters. The van der Waals surface area contributed by atoms with Crippen LogP contribution in [0.15, 0.2) is 51.9 Å². The highest BCUT2D eigenvalue weighted by Crippen LogP contribution is 2.36. The first kappa shape index (κ1) is 20.7. The molecule has 3 heterocycles. The van der Waals surface area contributed by atoms with Crippen LogP contribution < -0.4 is 10.9 Å². The number of aromatic nitrogens is 3. The van der Waals surface area contributed by atoms with Crippen molar-refractivity contribution in [3.63, 3.8) is 0 Å². The Balaban J connectivity index is 1.46. The Labute approximate surface area is 189 Å². The van der Waals surface area contributed by atoms with Crippen LogP contribution in [0.5, 0.6) is 0 Å². The molecule has 1 aliphatic carbocycles. The molecule has 3 aromatic heterocycles. The molecule has 0 spiro atoms. The molecule has 1 fully saturated rings. The number of nitrogens with one attached hydrogen (secondary N) is 1. The Morgan fingerprint density at radius 2 is 2.09 bits per heavy atom. The molecule has 1 amide bonds. The number of rotatable bonds is 4. The number of carbonyl (C=O) groups excluding carboxylic acids is 1. The van der Waals surface area contributed by atoms with Gasteiger partial charge in [0, 0.05) is 24.2 Å². The highest BCUT2D eigenvalue weighted by Gasteiger charge is 2.28. The van der Waals surface area contributed by atoms with Crippen LogP contribution in [0.4, 0.5) is 0 Å². The number of amides is 1. The van der Waals surface area contributed by atoms with E-state index in [0.717, 1.165) is 36.6 Å². The molecule has 5 rings (SSSR count). The summed E-state index contributed by atoms with van der Waals surface area (Å²) >= 11 is 6.53. The highest BCUT2D eigenvalue weighted by atomic mass is 35.5. The van der Waals surface area contributed by atoms with Crippen molar-refractivity contribution in [2.75, 3.05) is 6.54 Å². The SMILES string of the molecule is Cc1onc2c1c(=O)n([C@H]1CCC[C@@H](CNC(=O)c3ccccn3)C1)c1cccc(Cl)c21. The smallest absolute Gasteiger partial charge is 0.269 e. The van der Waals surface area contributed by atoms with Gasteiger partial charge in [-0.3, -0.25) is 14.6 Å². The van der Waals surface area contributed by atoms with Crippen molar-refractivity contribution in [1.82, 2.24) is 20.0 Å². The summed E-state index contributed by atoms with van der Waals surface area (Å²) in [6.45, 7) is 2.30. The Kier molecular flexibility index (Phi) is 5.43. The first-order chi connectivity index (χ1) is 15.5. The quantitative estimate of drug-likeness (QED) is 0.488. The van der Waals surface area contributed by atoms with E-state index in [1.165, 1.54) is 0 Å². The average molecular weight is 451 g/mol. The molecule has 0 aliphatic heterocycles. The number of fused-ring (bicyclic) bond motifs is 3. The molecule has 1 aliphatic rings. The fraction of sp³-hybridized carbons (Fsp3) is 0.333. The second-order valence-electron chi connectivity index (χ2n) is 8.38. The molecule has 1 aromatic carbocycles. The second kappa shape index (κ2) is 8.39. The molecule has 8 heteroatoms. The van der Waals surface area contributed by atoms with Gasteiger partial charge >= 0.3 is 0 Å². The molecular formula is C24H23ClN4O3. The molecule has 0 radical (unpaired) electrons. The van der Waals surface area contributed by atoms with E-state index in [4.69, 9.17) is 16.1 Å². The van der Waals surface area contributed by atoms with E-state index in [1.807, 2.05) is 16.7 Å². The van der Waals surface area contributed by atoms with Crippen LogP contribution in [0.3, 0.4) is 0 Å². The normalized spacial score (nSPS) is 18.8. The number of aryl methyl sites for hydroxylation is 1. The predicted molar refractivity (Wildman–Crippen MR) is 123 cm³/mol. The van der Waals surface area contributed by atoms with E-state index >= 15 is 0 Å². The summed E-state index contributed by atoms with van der Waals surface area (Å²) in [4.78, 5) is 30.0. The Hall–Kier alpha value is -3.19. The van der Waals surface area contributed by atoms with Gasteiger partial charge in [-0.25, -0.2) is 0 Å². The van der Waals surface area contributed by atoms with Crippen LogP contribution in [0.2, 0.25) is 5.02 Å². The number of hydrogen-bond acceptors (Lipinski definition) is 5. The third-order valence-electron chi connectivity index (χ3n) is 6.35. The Morgan fingerprint density at radius 3 is 2.91 bits per heavy atom. The van der Waals surface area contributed by atoms with E-state index in [-0.39, 0.29) is 23.4 Å². The summed E-state index contributed by atoms with van der Waals surface area (Å²) in [6, 6.07) is 10.9. The van der Waals surface area contributed by atoms with Gasteiger partial charge in [-0.2, -0.15) is 0 Å². The summed E-state index contributed by atoms with van der Waals surface area (Å²) < 4.78 is 7.22. The summed E-state index contributed by atoms with van der Waals surface area (Å²) in [5.41, 5.74) is 1.59. The van der Waals surface area contributed by atoms with Crippen LogP contribution in [-0.2, 0) is 0 Å². The van der Waals surface area contributed by atoms with Crippen LogP contribution in [0.25, 0.3) is 21.8 Å². The number of nitrogens with zero attached hydrogens (tertiary/aromatic N) is 3. The molecule has 1 saturated carbocycles. The minimum atomic E-state index is -0.177. The van der Waals surface area contributed by atoms with Gasteiger partial charge in [0.05, 0.1) is 10.5 Å². The number of hydrogen-bond donors (Lipinski definition) is 1. The molecule has 0 saturated heterocycles. The lowest BCUT2D eigenvalue weighted by molar-refractivity contribution is 0.0935. The van der Waals surface area contributed by atoms with E-state index in [2.05, 4.69) is 15.5 Å². The first-order valence-electron chi connectivity index (χ1n) is 10.8. The number of benzene rings is 1. The third kappa shape index (κ3) is 3.56. The van der Waals surface area contributed by atoms with Crippen molar-refractivity contribution in [1.29, 1.82) is 0 Å². The lowest BCUT2D eigenvalue weighted by atomic mass is 9.85. The average Bonchev–Trinajstić information content (AvgIpc) is 3.20. The standard InChI is InChI=1S/C24H23ClN4O3/c1-14-20-22(28-32-14)21-17(25)8-5-10-19(21)29(24(20)31)16-7-4-6-15(12-16)13-27-23(30)18-9-2-3-11-26-18/h2-3,5,8-11,15-16H,4,6-7,12-13H2,1H3,(H,27,30)/t15-,16+/m1/s1. The first-order valence-corrected chi connectivity index (χ1v) is 11.2. The summed E-state index contributed by atoms with van der Waals surface area (Å²) in [7, 11) is 0. The molecule has 164 valence electrons. The fourth-order valence-corrected chi connectivity index (χ4v) is 5.10. The molecule has 7 nitrogen and oxygen atoms in total. The van der Waals surface area contributed by atoms with Crippen molar-refractivity contribution in [3.05, 3.63) is 69.4 Å². The van der Waals surface area contributed by atoms with Crippen molar-refractivity contribution >= 4 is 39.3 Å². The molecule has 0 bridgehead atoms. The van der Waals surface area contributed by atoms with Crippen molar-refractivity contribution in [3.8, 4) is 0 Å². The van der Waals surface area contributed by atoms with Crippen molar-refractivity contribution in [2.45, 2.75) is 38.6 Å². The molecule has 4 aromatic rings. The fourth-order valence-electron chi connectivity index (χ4n) is 4.84. The van der Waals surface area contributed by atoms with E-state index < -0.39 is 0 Å². The summed E-state index contributed by atoms with van der Waals surface area (Å²) in [6.07, 6.45) is 5.27. The molecule has 0 unspecified atom stereocenters. The minimum absolute atomic E-state index is 0.00710. The number of pyridine rings is 2. The number of carbonyl (C=O) groups is 1. The van der Waals surface area contributed by atoms with Crippen LogP contribution in [0.1, 0.15) is 48.0 Å². The largest absolute Gasteiger partial charge is 0.360 e. The highest BCUT2D eigenvalue weighted by molar-refractivity contribution is 6.37. The lowest BCUT2D eigenvalue weighted by Gasteiger charge is -2.31. The monoisotopic (exact) mass is 450 g/mol. The van der Waals surface area contributed by atoms with Gasteiger partial charge in [0.2, 0.25) is 0 Å². The van der Waals surface area contributed by atoms with Gasteiger partial charge in [0.25, 0.3) is 11.5 Å². The maximum absolute atomic E-state index is 13.5. The second-order valence-corrected chi connectivity index (χ2v) is 8.79. The van der Waals surface area contributed by atoms with Gasteiger partial charge in [-0.05, 0) is 56.4 Å². The minimum Gasteiger partial charge on any atom is -0.360 e. The maximum atomic E-state index is 13.5. The maximum Gasteiger partial charge on any atom is 0.269 e. The topological polar surface area (TPSA) is 90.0 Å². The van der Waals surface area contributed by atoms with Crippen LogP contribution in [-0.4, -0.2) is 27.2 Å². The van der Waals surface area contributed by atoms with Gasteiger partial charge in [0.1, 0.15) is 22.4 Å². The van der Waals surface area contributed by atoms with Gasteiger partial charge in [-0.15, -0.1) is 0 Å². The lowest BCUT2D eigenvalue weighted by Crippen LogP contribution is -2.35. The van der Waals surface area contributed by atoms with Crippen LogP contribution >= 0.6 is 11.6 Å². The predicted octanol–water partition coefficient (Wildman–Crippen LogP) is 4.66. The van der Waals surface area contributed by atoms with E-state index in [9.17, 15) is 9.59 Å². The zero-order chi connectivity index (χ0) is 22.2. The van der Waals surface area contributed by atoms with Gasteiger partial charge in [-0.1, -0.05) is 35.3 Å². The van der Waals surface area contributed by atoms with Gasteiger partial charge in [0.15, 0.2) is 0 Å². The Morgan fingerprint density at radius 1 is 1.22 bits per heavy atom. The zero-order valence-electron chi connectivity index (χ0n) is 17.7. The summed E-state index contributed by atoms with van der Waals surface area (Å²) in [5.74, 6) is 0.584. The van der Waals surface area contributed by atoms with E-state index in [1.54, 1.807) is 37.4 Å². The van der Waals surface area contributed by atoms with Crippen molar-refractivity contribution in [2.24, 2.45) is 5.92 Å². The molecule has 32 heavy (non-hydrogen) atoms. The Bertz CT molecular complexity index is 1360. The zero-order valence-corrected chi connectivity index (χ0v) is 18.4. The van der Waals surface area contributed by atoms with Crippen LogP contribution in [0, 0.1) is 12.8 Å². The van der Waals surface area contributed by atoms with Crippen molar-refractivity contribution < 1.29 is 9.32 Å². The molecule has 1 N–H and O–H groups in total. The molecular weight excluding hydrogens is 428 g/mol. The summed E-state index contributed by atoms with van der Waals surface area (Å²) in [5, 5.41) is 8.89. The third-order valence-corrected chi connectivity index (χ3v) is 6.67.